The Morgan fingerprint density at radius 2 is 2.00 bits per heavy atom. The zero-order valence-electron chi connectivity index (χ0n) is 9.27. The molecule has 0 aliphatic heterocycles. The van der Waals surface area contributed by atoms with E-state index in [1.54, 1.807) is 31.2 Å². The van der Waals surface area contributed by atoms with Crippen LogP contribution in [-0.4, -0.2) is 27.1 Å². The molecule has 0 fully saturated rings. The molecule has 0 bridgehead atoms. The lowest BCUT2D eigenvalue weighted by atomic mass is 10.1. The quantitative estimate of drug-likeness (QED) is 0.602. The van der Waals surface area contributed by atoms with Crippen LogP contribution in [0, 0.1) is 5.41 Å². The smallest absolute Gasteiger partial charge is 0.234 e. The Labute approximate surface area is 95.4 Å². The standard InChI is InChI=1S/C10H15N3O2S/c1-3-16(14,15)13(2)9-7-5-4-6-8(9)10(11)12/h4-7H,3H2,1-2H3,(H3,11,12). The van der Waals surface area contributed by atoms with Gasteiger partial charge in [0.25, 0.3) is 0 Å². The highest BCUT2D eigenvalue weighted by Gasteiger charge is 2.19. The second-order valence-corrected chi connectivity index (χ2v) is 5.59. The van der Waals surface area contributed by atoms with Crippen LogP contribution in [-0.2, 0) is 10.0 Å². The monoisotopic (exact) mass is 241 g/mol. The first kappa shape index (κ1) is 12.5. The van der Waals surface area contributed by atoms with E-state index in [4.69, 9.17) is 11.1 Å². The van der Waals surface area contributed by atoms with Gasteiger partial charge in [-0.3, -0.25) is 9.71 Å². The average molecular weight is 241 g/mol. The fraction of sp³-hybridized carbons (Fsp3) is 0.300. The Morgan fingerprint density at radius 1 is 1.44 bits per heavy atom. The van der Waals surface area contributed by atoms with Crippen LogP contribution in [0.1, 0.15) is 12.5 Å². The van der Waals surface area contributed by atoms with Crippen LogP contribution in [0.25, 0.3) is 0 Å². The van der Waals surface area contributed by atoms with Crippen LogP contribution < -0.4 is 10.0 Å². The molecule has 0 amide bonds. The number of amidine groups is 1. The zero-order valence-corrected chi connectivity index (χ0v) is 10.1. The number of hydrogen-bond acceptors (Lipinski definition) is 3. The number of nitrogen functional groups attached to an aromatic ring is 1. The Balaban J connectivity index is 3.29. The highest BCUT2D eigenvalue weighted by Crippen LogP contribution is 2.21. The maximum absolute atomic E-state index is 11.7. The summed E-state index contributed by atoms with van der Waals surface area (Å²) in [6.45, 7) is 1.57. The first-order valence-corrected chi connectivity index (χ1v) is 6.41. The van der Waals surface area contributed by atoms with Gasteiger partial charge in [-0.05, 0) is 19.1 Å². The number of para-hydroxylation sites is 1. The molecule has 1 aromatic carbocycles. The fourth-order valence-electron chi connectivity index (χ4n) is 1.32. The third-order valence-corrected chi connectivity index (χ3v) is 4.08. The molecule has 0 saturated carbocycles. The number of anilines is 1. The topological polar surface area (TPSA) is 87.2 Å². The molecule has 16 heavy (non-hydrogen) atoms. The van der Waals surface area contributed by atoms with Crippen molar-refractivity contribution in [3.8, 4) is 0 Å². The van der Waals surface area contributed by atoms with Crippen LogP contribution in [0.15, 0.2) is 24.3 Å². The zero-order chi connectivity index (χ0) is 12.3. The number of sulfonamides is 1. The maximum Gasteiger partial charge on any atom is 0.234 e. The van der Waals surface area contributed by atoms with Gasteiger partial charge in [0.1, 0.15) is 5.84 Å². The molecule has 0 radical (unpaired) electrons. The molecule has 0 saturated heterocycles. The molecule has 88 valence electrons. The molecule has 0 aromatic heterocycles. The second-order valence-electron chi connectivity index (χ2n) is 3.30. The summed E-state index contributed by atoms with van der Waals surface area (Å²) in [5.74, 6) is -0.135. The predicted molar refractivity (Wildman–Crippen MR) is 65.3 cm³/mol. The Kier molecular flexibility index (Phi) is 3.54. The van der Waals surface area contributed by atoms with Gasteiger partial charge in [-0.25, -0.2) is 8.42 Å². The molecule has 0 aliphatic rings. The number of hydrogen-bond donors (Lipinski definition) is 2. The van der Waals surface area contributed by atoms with Crippen LogP contribution in [0.5, 0.6) is 0 Å². The van der Waals surface area contributed by atoms with Gasteiger partial charge in [0, 0.05) is 12.6 Å². The Bertz CT molecular complexity index is 497. The summed E-state index contributed by atoms with van der Waals surface area (Å²) in [5.41, 5.74) is 6.25. The first-order valence-electron chi connectivity index (χ1n) is 4.80. The minimum atomic E-state index is -3.33. The van der Waals surface area contributed by atoms with Crippen LogP contribution in [0.4, 0.5) is 5.69 Å². The predicted octanol–water partition coefficient (Wildman–Crippen LogP) is 0.757. The van der Waals surface area contributed by atoms with Crippen molar-refractivity contribution in [3.63, 3.8) is 0 Å². The summed E-state index contributed by atoms with van der Waals surface area (Å²) in [6, 6.07) is 6.68. The second kappa shape index (κ2) is 4.52. The molecular weight excluding hydrogens is 226 g/mol. The van der Waals surface area contributed by atoms with E-state index in [0.29, 0.717) is 11.3 Å². The normalized spacial score (nSPS) is 11.1. The van der Waals surface area contributed by atoms with Crippen molar-refractivity contribution < 1.29 is 8.42 Å². The van der Waals surface area contributed by atoms with Crippen molar-refractivity contribution in [2.75, 3.05) is 17.1 Å². The van der Waals surface area contributed by atoms with E-state index in [1.165, 1.54) is 7.05 Å². The molecule has 1 rings (SSSR count). The molecule has 1 aromatic rings. The van der Waals surface area contributed by atoms with Crippen molar-refractivity contribution in [2.24, 2.45) is 5.73 Å². The van der Waals surface area contributed by atoms with Crippen molar-refractivity contribution in [3.05, 3.63) is 29.8 Å². The van der Waals surface area contributed by atoms with E-state index < -0.39 is 10.0 Å². The van der Waals surface area contributed by atoms with Crippen molar-refractivity contribution in [1.29, 1.82) is 5.41 Å². The molecule has 0 atom stereocenters. The molecule has 0 aliphatic carbocycles. The number of nitrogens with one attached hydrogen (secondary N) is 1. The van der Waals surface area contributed by atoms with Gasteiger partial charge in [-0.1, -0.05) is 12.1 Å². The van der Waals surface area contributed by atoms with Crippen molar-refractivity contribution in [1.82, 2.24) is 0 Å². The van der Waals surface area contributed by atoms with Crippen LogP contribution in [0.2, 0.25) is 0 Å². The van der Waals surface area contributed by atoms with Crippen LogP contribution >= 0.6 is 0 Å². The van der Waals surface area contributed by atoms with Crippen LogP contribution in [0.3, 0.4) is 0 Å². The molecular formula is C10H15N3O2S. The molecule has 0 spiro atoms. The number of benzene rings is 1. The molecule has 3 N–H and O–H groups in total. The number of rotatable bonds is 4. The van der Waals surface area contributed by atoms with Gasteiger partial charge < -0.3 is 5.73 Å². The van der Waals surface area contributed by atoms with Crippen molar-refractivity contribution in [2.45, 2.75) is 6.92 Å². The lowest BCUT2D eigenvalue weighted by molar-refractivity contribution is 0.595. The van der Waals surface area contributed by atoms with E-state index in [0.717, 1.165) is 4.31 Å². The Morgan fingerprint density at radius 3 is 2.50 bits per heavy atom. The third kappa shape index (κ3) is 2.33. The van der Waals surface area contributed by atoms with Crippen molar-refractivity contribution >= 4 is 21.5 Å². The SMILES string of the molecule is CCS(=O)(=O)N(C)c1ccccc1C(=N)N. The van der Waals surface area contributed by atoms with E-state index in [1.807, 2.05) is 0 Å². The summed E-state index contributed by atoms with van der Waals surface area (Å²) in [5, 5.41) is 7.39. The summed E-state index contributed by atoms with van der Waals surface area (Å²) in [6.07, 6.45) is 0. The minimum Gasteiger partial charge on any atom is -0.384 e. The lowest BCUT2D eigenvalue weighted by Gasteiger charge is -2.20. The van der Waals surface area contributed by atoms with E-state index in [9.17, 15) is 8.42 Å². The summed E-state index contributed by atoms with van der Waals surface area (Å²) in [4.78, 5) is 0. The summed E-state index contributed by atoms with van der Waals surface area (Å²) < 4.78 is 24.5. The van der Waals surface area contributed by atoms with E-state index >= 15 is 0 Å². The fourth-order valence-corrected chi connectivity index (χ4v) is 2.17. The number of nitrogens with zero attached hydrogens (tertiary/aromatic N) is 1. The molecule has 0 heterocycles. The summed E-state index contributed by atoms with van der Waals surface area (Å²) in [7, 11) is -1.87. The van der Waals surface area contributed by atoms with E-state index in [-0.39, 0.29) is 11.6 Å². The maximum atomic E-state index is 11.7. The van der Waals surface area contributed by atoms with Gasteiger partial charge in [-0.2, -0.15) is 0 Å². The van der Waals surface area contributed by atoms with Gasteiger partial charge in [-0.15, -0.1) is 0 Å². The highest BCUT2D eigenvalue weighted by atomic mass is 32.2. The largest absolute Gasteiger partial charge is 0.384 e. The highest BCUT2D eigenvalue weighted by molar-refractivity contribution is 7.92. The van der Waals surface area contributed by atoms with Gasteiger partial charge >= 0.3 is 0 Å². The van der Waals surface area contributed by atoms with E-state index in [2.05, 4.69) is 0 Å². The molecule has 6 heteroatoms. The average Bonchev–Trinajstić information content (AvgIpc) is 2.28. The first-order chi connectivity index (χ1) is 7.40. The lowest BCUT2D eigenvalue weighted by Crippen LogP contribution is -2.30. The van der Waals surface area contributed by atoms with Gasteiger partial charge in [0.05, 0.1) is 11.4 Å². The molecule has 0 unspecified atom stereocenters. The number of nitrogens with two attached hydrogens (primary N) is 1. The minimum absolute atomic E-state index is 0.00966. The molecule has 5 nitrogen and oxygen atoms in total. The third-order valence-electron chi connectivity index (χ3n) is 2.32. The Hall–Kier alpha value is -1.56. The summed E-state index contributed by atoms with van der Waals surface area (Å²) >= 11 is 0. The van der Waals surface area contributed by atoms with Gasteiger partial charge in [0.15, 0.2) is 0 Å². The van der Waals surface area contributed by atoms with Gasteiger partial charge in [0.2, 0.25) is 10.0 Å².